The average Bonchev–Trinajstić information content (AvgIpc) is 2.35. The number of rotatable bonds is 2. The van der Waals surface area contributed by atoms with Crippen molar-refractivity contribution in [2.75, 3.05) is 0 Å². The van der Waals surface area contributed by atoms with Crippen molar-refractivity contribution >= 4 is 15.9 Å². The van der Waals surface area contributed by atoms with Crippen LogP contribution in [0.5, 0.6) is 0 Å². The topological polar surface area (TPSA) is 26.0 Å². The van der Waals surface area contributed by atoms with Gasteiger partial charge in [0.25, 0.3) is 0 Å². The maximum Gasteiger partial charge on any atom is 0.0323 e. The third-order valence-corrected chi connectivity index (χ3v) is 5.60. The molecule has 1 aromatic carbocycles. The molecule has 2 N–H and O–H groups in total. The Morgan fingerprint density at radius 1 is 1.22 bits per heavy atom. The molecule has 0 bridgehead atoms. The summed E-state index contributed by atoms with van der Waals surface area (Å²) in [6.45, 7) is 6.87. The lowest BCUT2D eigenvalue weighted by Crippen LogP contribution is -2.29. The van der Waals surface area contributed by atoms with Crippen molar-refractivity contribution in [3.05, 3.63) is 33.8 Å². The zero-order valence-electron chi connectivity index (χ0n) is 11.6. The van der Waals surface area contributed by atoms with Crippen molar-refractivity contribution in [3.63, 3.8) is 0 Å². The van der Waals surface area contributed by atoms with E-state index in [1.807, 2.05) is 0 Å². The summed E-state index contributed by atoms with van der Waals surface area (Å²) in [6.07, 6.45) is 3.88. The molecule has 0 amide bonds. The van der Waals surface area contributed by atoms with Crippen molar-refractivity contribution in [1.29, 1.82) is 0 Å². The maximum absolute atomic E-state index is 6.48. The number of hydrogen-bond acceptors (Lipinski definition) is 1. The minimum Gasteiger partial charge on any atom is -0.324 e. The standard InChI is InChI=1S/C16H24BrN/c1-10-4-5-13(8-11(10)2)16(18)14-6-7-15(17)12(3)9-14/h6-7,9-11,13,16H,4-5,8,18H2,1-3H3. The summed E-state index contributed by atoms with van der Waals surface area (Å²) in [5, 5.41) is 0. The Morgan fingerprint density at radius 2 is 1.94 bits per heavy atom. The molecule has 0 spiro atoms. The van der Waals surface area contributed by atoms with Gasteiger partial charge in [0.05, 0.1) is 0 Å². The van der Waals surface area contributed by atoms with E-state index in [0.29, 0.717) is 5.92 Å². The van der Waals surface area contributed by atoms with E-state index in [4.69, 9.17) is 5.73 Å². The highest BCUT2D eigenvalue weighted by molar-refractivity contribution is 9.10. The molecule has 1 nitrogen and oxygen atoms in total. The molecule has 1 aliphatic carbocycles. The van der Waals surface area contributed by atoms with E-state index in [1.54, 1.807) is 0 Å². The highest BCUT2D eigenvalue weighted by atomic mass is 79.9. The van der Waals surface area contributed by atoms with Crippen molar-refractivity contribution in [1.82, 2.24) is 0 Å². The van der Waals surface area contributed by atoms with Crippen molar-refractivity contribution in [2.24, 2.45) is 23.5 Å². The minimum atomic E-state index is 0.201. The quantitative estimate of drug-likeness (QED) is 0.832. The second-order valence-corrected chi connectivity index (χ2v) is 6.92. The molecule has 2 heteroatoms. The zero-order chi connectivity index (χ0) is 13.3. The third-order valence-electron chi connectivity index (χ3n) is 4.71. The Hall–Kier alpha value is -0.340. The summed E-state index contributed by atoms with van der Waals surface area (Å²) in [6, 6.07) is 6.73. The lowest BCUT2D eigenvalue weighted by atomic mass is 9.72. The molecule has 100 valence electrons. The van der Waals surface area contributed by atoms with Gasteiger partial charge in [0.2, 0.25) is 0 Å². The van der Waals surface area contributed by atoms with Crippen LogP contribution in [0, 0.1) is 24.7 Å². The lowest BCUT2D eigenvalue weighted by Gasteiger charge is -2.35. The van der Waals surface area contributed by atoms with Crippen LogP contribution in [0.25, 0.3) is 0 Å². The van der Waals surface area contributed by atoms with Gasteiger partial charge in [0.15, 0.2) is 0 Å². The summed E-state index contributed by atoms with van der Waals surface area (Å²) < 4.78 is 1.17. The van der Waals surface area contributed by atoms with E-state index >= 15 is 0 Å². The van der Waals surface area contributed by atoms with Crippen molar-refractivity contribution < 1.29 is 0 Å². The van der Waals surface area contributed by atoms with Gasteiger partial charge in [-0.05, 0) is 54.7 Å². The van der Waals surface area contributed by atoms with Gasteiger partial charge in [0, 0.05) is 10.5 Å². The fourth-order valence-electron chi connectivity index (χ4n) is 3.06. The molecular weight excluding hydrogens is 286 g/mol. The fourth-order valence-corrected chi connectivity index (χ4v) is 3.31. The zero-order valence-corrected chi connectivity index (χ0v) is 13.2. The Balaban J connectivity index is 2.11. The molecular formula is C16H24BrN. The number of hydrogen-bond donors (Lipinski definition) is 1. The van der Waals surface area contributed by atoms with E-state index in [9.17, 15) is 0 Å². The Morgan fingerprint density at radius 3 is 2.56 bits per heavy atom. The molecule has 0 saturated heterocycles. The van der Waals surface area contributed by atoms with Crippen LogP contribution in [0.3, 0.4) is 0 Å². The molecule has 0 heterocycles. The van der Waals surface area contributed by atoms with E-state index in [1.165, 1.54) is 34.9 Å². The van der Waals surface area contributed by atoms with Gasteiger partial charge in [-0.15, -0.1) is 0 Å². The largest absolute Gasteiger partial charge is 0.324 e. The summed E-state index contributed by atoms with van der Waals surface area (Å²) in [5.41, 5.74) is 9.05. The first-order valence-electron chi connectivity index (χ1n) is 7.00. The van der Waals surface area contributed by atoms with Crippen LogP contribution in [-0.2, 0) is 0 Å². The highest BCUT2D eigenvalue weighted by Crippen LogP contribution is 2.39. The minimum absolute atomic E-state index is 0.201. The molecule has 2 rings (SSSR count). The van der Waals surface area contributed by atoms with Crippen LogP contribution >= 0.6 is 15.9 Å². The first kappa shape index (κ1) is 14.1. The number of benzene rings is 1. The number of nitrogens with two attached hydrogens (primary N) is 1. The monoisotopic (exact) mass is 309 g/mol. The van der Waals surface area contributed by atoms with Gasteiger partial charge in [-0.3, -0.25) is 0 Å². The summed E-state index contributed by atoms with van der Waals surface area (Å²) in [7, 11) is 0. The van der Waals surface area contributed by atoms with Crippen molar-refractivity contribution in [2.45, 2.75) is 46.1 Å². The van der Waals surface area contributed by atoms with E-state index < -0.39 is 0 Å². The summed E-state index contributed by atoms with van der Waals surface area (Å²) in [4.78, 5) is 0. The first-order valence-corrected chi connectivity index (χ1v) is 7.80. The van der Waals surface area contributed by atoms with Gasteiger partial charge in [0.1, 0.15) is 0 Å². The van der Waals surface area contributed by atoms with Crippen LogP contribution in [-0.4, -0.2) is 0 Å². The summed E-state index contributed by atoms with van der Waals surface area (Å²) in [5.74, 6) is 2.32. The first-order chi connectivity index (χ1) is 8.49. The predicted molar refractivity (Wildman–Crippen MR) is 81.5 cm³/mol. The van der Waals surface area contributed by atoms with Crippen LogP contribution in [0.1, 0.15) is 50.3 Å². The number of aryl methyl sites for hydroxylation is 1. The SMILES string of the molecule is Cc1cc(C(N)C2CCC(C)C(C)C2)ccc1Br. The van der Waals surface area contributed by atoms with Crippen LogP contribution in [0.4, 0.5) is 0 Å². The van der Waals surface area contributed by atoms with Gasteiger partial charge >= 0.3 is 0 Å². The smallest absolute Gasteiger partial charge is 0.0323 e. The van der Waals surface area contributed by atoms with Crippen LogP contribution in [0.2, 0.25) is 0 Å². The average molecular weight is 310 g/mol. The van der Waals surface area contributed by atoms with E-state index in [-0.39, 0.29) is 6.04 Å². The van der Waals surface area contributed by atoms with Gasteiger partial charge in [-0.1, -0.05) is 48.3 Å². The predicted octanol–water partition coefficient (Wildman–Crippen LogP) is 4.83. The third kappa shape index (κ3) is 2.97. The molecule has 18 heavy (non-hydrogen) atoms. The second-order valence-electron chi connectivity index (χ2n) is 6.06. The Labute approximate surface area is 119 Å². The molecule has 1 aromatic rings. The summed E-state index contributed by atoms with van der Waals surface area (Å²) >= 11 is 3.55. The normalized spacial score (nSPS) is 30.2. The highest BCUT2D eigenvalue weighted by Gasteiger charge is 2.29. The molecule has 0 radical (unpaired) electrons. The molecule has 4 atom stereocenters. The lowest BCUT2D eigenvalue weighted by molar-refractivity contribution is 0.186. The number of halogens is 1. The second kappa shape index (κ2) is 5.75. The molecule has 1 fully saturated rings. The van der Waals surface area contributed by atoms with E-state index in [2.05, 4.69) is 54.9 Å². The van der Waals surface area contributed by atoms with Gasteiger partial charge in [-0.2, -0.15) is 0 Å². The Kier molecular flexibility index (Phi) is 4.50. The fraction of sp³-hybridized carbons (Fsp3) is 0.625. The molecule has 1 saturated carbocycles. The van der Waals surface area contributed by atoms with Crippen LogP contribution < -0.4 is 5.73 Å². The van der Waals surface area contributed by atoms with Crippen LogP contribution in [0.15, 0.2) is 22.7 Å². The molecule has 0 aromatic heterocycles. The van der Waals surface area contributed by atoms with Gasteiger partial charge in [-0.25, -0.2) is 0 Å². The molecule has 4 unspecified atom stereocenters. The van der Waals surface area contributed by atoms with Crippen molar-refractivity contribution in [3.8, 4) is 0 Å². The molecule has 0 aliphatic heterocycles. The van der Waals surface area contributed by atoms with Gasteiger partial charge < -0.3 is 5.73 Å². The Bertz CT molecular complexity index is 416. The van der Waals surface area contributed by atoms with E-state index in [0.717, 1.165) is 11.8 Å². The maximum atomic E-state index is 6.48. The molecule has 1 aliphatic rings.